The third-order valence-electron chi connectivity index (χ3n) is 6.04. The molecule has 0 bridgehead atoms. The standard InChI is InChI=1S/C24H22F3N5O2/c25-24(26,27)18-7-4-16(5-8-18)23-29-22(30-34-23)17-6-9-20-19(14-17)28-15-32(20)13-10-21(33)31-11-2-1-3-12-31/h4-9,14-15H,1-3,10-13H2. The first-order chi connectivity index (χ1) is 16.4. The number of hydrogen-bond acceptors (Lipinski definition) is 5. The maximum atomic E-state index is 12.8. The Morgan fingerprint density at radius 2 is 1.74 bits per heavy atom. The second-order valence-electron chi connectivity index (χ2n) is 8.33. The highest BCUT2D eigenvalue weighted by Gasteiger charge is 2.30. The van der Waals surface area contributed by atoms with Gasteiger partial charge in [0.2, 0.25) is 11.7 Å². The maximum absolute atomic E-state index is 12.8. The summed E-state index contributed by atoms with van der Waals surface area (Å²) in [7, 11) is 0. The van der Waals surface area contributed by atoms with Crippen LogP contribution in [0, 0.1) is 0 Å². The summed E-state index contributed by atoms with van der Waals surface area (Å²) in [5.74, 6) is 0.609. The molecule has 0 atom stereocenters. The van der Waals surface area contributed by atoms with Crippen molar-refractivity contribution in [1.82, 2.24) is 24.6 Å². The molecule has 0 N–H and O–H groups in total. The third kappa shape index (κ3) is 4.52. The van der Waals surface area contributed by atoms with Crippen molar-refractivity contribution in [3.05, 3.63) is 54.4 Å². The van der Waals surface area contributed by atoms with Crippen LogP contribution in [-0.2, 0) is 17.5 Å². The lowest BCUT2D eigenvalue weighted by Gasteiger charge is -2.26. The minimum absolute atomic E-state index is 0.130. The molecule has 10 heteroatoms. The lowest BCUT2D eigenvalue weighted by Crippen LogP contribution is -2.35. The Labute approximate surface area is 193 Å². The van der Waals surface area contributed by atoms with Gasteiger partial charge in [-0.1, -0.05) is 5.16 Å². The van der Waals surface area contributed by atoms with Crippen molar-refractivity contribution in [3.63, 3.8) is 0 Å². The number of likely N-dealkylation sites (tertiary alicyclic amines) is 1. The van der Waals surface area contributed by atoms with Gasteiger partial charge < -0.3 is 14.0 Å². The zero-order valence-corrected chi connectivity index (χ0v) is 18.3. The molecule has 1 amide bonds. The molecule has 0 radical (unpaired) electrons. The Hall–Kier alpha value is -3.69. The largest absolute Gasteiger partial charge is 0.416 e. The number of aryl methyl sites for hydroxylation is 1. The van der Waals surface area contributed by atoms with Gasteiger partial charge in [0.05, 0.1) is 22.9 Å². The summed E-state index contributed by atoms with van der Waals surface area (Å²) >= 11 is 0. The molecule has 0 unspecified atom stereocenters. The number of hydrogen-bond donors (Lipinski definition) is 0. The number of amides is 1. The number of halogens is 3. The SMILES string of the molecule is O=C(CCn1cnc2cc(-c3noc(-c4ccc(C(F)(F)F)cc4)n3)ccc21)N1CCCCC1. The smallest absolute Gasteiger partial charge is 0.343 e. The topological polar surface area (TPSA) is 77.0 Å². The second kappa shape index (κ2) is 8.92. The van der Waals surface area contributed by atoms with Crippen LogP contribution in [0.1, 0.15) is 31.2 Å². The van der Waals surface area contributed by atoms with E-state index in [9.17, 15) is 18.0 Å². The van der Waals surface area contributed by atoms with Crippen molar-refractivity contribution in [2.75, 3.05) is 13.1 Å². The van der Waals surface area contributed by atoms with Crippen LogP contribution < -0.4 is 0 Å². The first-order valence-electron chi connectivity index (χ1n) is 11.1. The van der Waals surface area contributed by atoms with Gasteiger partial charge in [-0.05, 0) is 61.7 Å². The molecule has 1 aliphatic heterocycles. The van der Waals surface area contributed by atoms with Crippen molar-refractivity contribution >= 4 is 16.9 Å². The predicted octanol–water partition coefficient (Wildman–Crippen LogP) is 5.17. The number of fused-ring (bicyclic) bond motifs is 1. The molecular weight excluding hydrogens is 447 g/mol. The van der Waals surface area contributed by atoms with Gasteiger partial charge in [-0.15, -0.1) is 0 Å². The molecular formula is C24H22F3N5O2. The monoisotopic (exact) mass is 469 g/mol. The van der Waals surface area contributed by atoms with E-state index in [4.69, 9.17) is 4.52 Å². The van der Waals surface area contributed by atoms with E-state index < -0.39 is 11.7 Å². The number of imidazole rings is 1. The highest BCUT2D eigenvalue weighted by Crippen LogP contribution is 2.31. The Morgan fingerprint density at radius 3 is 2.47 bits per heavy atom. The van der Waals surface area contributed by atoms with Crippen molar-refractivity contribution < 1.29 is 22.5 Å². The lowest BCUT2D eigenvalue weighted by molar-refractivity contribution is -0.137. The van der Waals surface area contributed by atoms with Gasteiger partial charge in [0.1, 0.15) is 0 Å². The molecule has 4 aromatic rings. The highest BCUT2D eigenvalue weighted by atomic mass is 19.4. The number of nitrogens with zero attached hydrogens (tertiary/aromatic N) is 5. The van der Waals surface area contributed by atoms with Crippen molar-refractivity contribution in [3.8, 4) is 22.8 Å². The fraction of sp³-hybridized carbons (Fsp3) is 0.333. The van der Waals surface area contributed by atoms with E-state index in [2.05, 4.69) is 15.1 Å². The summed E-state index contributed by atoms with van der Waals surface area (Å²) < 4.78 is 45.5. The van der Waals surface area contributed by atoms with Crippen LogP contribution in [0.4, 0.5) is 13.2 Å². The van der Waals surface area contributed by atoms with Gasteiger partial charge in [0.15, 0.2) is 0 Å². The summed E-state index contributed by atoms with van der Waals surface area (Å²) in [5.41, 5.74) is 1.94. The van der Waals surface area contributed by atoms with Crippen LogP contribution in [0.5, 0.6) is 0 Å². The Morgan fingerprint density at radius 1 is 1.00 bits per heavy atom. The fourth-order valence-electron chi connectivity index (χ4n) is 4.16. The molecule has 34 heavy (non-hydrogen) atoms. The van der Waals surface area contributed by atoms with Gasteiger partial charge in [-0.2, -0.15) is 18.2 Å². The molecule has 5 rings (SSSR count). The maximum Gasteiger partial charge on any atom is 0.416 e. The van der Waals surface area contributed by atoms with Crippen LogP contribution in [0.2, 0.25) is 0 Å². The van der Waals surface area contributed by atoms with Crippen molar-refractivity contribution in [2.24, 2.45) is 0 Å². The number of carbonyl (C=O) groups is 1. The predicted molar refractivity (Wildman–Crippen MR) is 119 cm³/mol. The molecule has 2 aromatic heterocycles. The average Bonchev–Trinajstić information content (AvgIpc) is 3.50. The van der Waals surface area contributed by atoms with Gasteiger partial charge in [0.25, 0.3) is 5.89 Å². The fourth-order valence-corrected chi connectivity index (χ4v) is 4.16. The first kappa shape index (κ1) is 22.1. The molecule has 7 nitrogen and oxygen atoms in total. The van der Waals surface area contributed by atoms with E-state index >= 15 is 0 Å². The summed E-state index contributed by atoms with van der Waals surface area (Å²) in [6, 6.07) is 10.1. The molecule has 1 fully saturated rings. The summed E-state index contributed by atoms with van der Waals surface area (Å²) in [4.78, 5) is 23.2. The Kier molecular flexibility index (Phi) is 5.80. The van der Waals surface area contributed by atoms with E-state index in [0.29, 0.717) is 29.9 Å². The minimum atomic E-state index is -4.40. The van der Waals surface area contributed by atoms with Crippen LogP contribution in [0.15, 0.2) is 53.3 Å². The molecule has 3 heterocycles. The molecule has 1 aliphatic rings. The lowest BCUT2D eigenvalue weighted by atomic mass is 10.1. The van der Waals surface area contributed by atoms with Crippen molar-refractivity contribution in [1.29, 1.82) is 0 Å². The van der Waals surface area contributed by atoms with Gasteiger partial charge >= 0.3 is 6.18 Å². The molecule has 176 valence electrons. The van der Waals surface area contributed by atoms with Crippen LogP contribution in [-0.4, -0.2) is 43.6 Å². The van der Waals surface area contributed by atoms with E-state index in [1.165, 1.54) is 18.6 Å². The average molecular weight is 469 g/mol. The molecule has 0 aliphatic carbocycles. The summed E-state index contributed by atoms with van der Waals surface area (Å²) in [6.45, 7) is 2.23. The first-order valence-corrected chi connectivity index (χ1v) is 11.1. The zero-order valence-electron chi connectivity index (χ0n) is 18.3. The Balaban J connectivity index is 1.30. The Bertz CT molecular complexity index is 1300. The van der Waals surface area contributed by atoms with Crippen LogP contribution in [0.3, 0.4) is 0 Å². The molecule has 2 aromatic carbocycles. The van der Waals surface area contributed by atoms with Crippen LogP contribution in [0.25, 0.3) is 33.9 Å². The summed E-state index contributed by atoms with van der Waals surface area (Å²) in [5, 5.41) is 3.97. The molecule has 1 saturated heterocycles. The number of aromatic nitrogens is 4. The van der Waals surface area contributed by atoms with E-state index in [1.807, 2.05) is 27.7 Å². The normalized spacial score (nSPS) is 14.6. The zero-order chi connectivity index (χ0) is 23.7. The number of piperidine rings is 1. The van der Waals surface area contributed by atoms with Gasteiger partial charge in [0, 0.05) is 37.2 Å². The quantitative estimate of drug-likeness (QED) is 0.403. The number of carbonyl (C=O) groups excluding carboxylic acids is 1. The summed E-state index contributed by atoms with van der Waals surface area (Å²) in [6.07, 6.45) is 1.05. The van der Waals surface area contributed by atoms with E-state index in [0.717, 1.165) is 49.1 Å². The number of rotatable bonds is 5. The number of alkyl halides is 3. The van der Waals surface area contributed by atoms with Gasteiger partial charge in [-0.25, -0.2) is 4.98 Å². The molecule has 0 saturated carbocycles. The van der Waals surface area contributed by atoms with Crippen molar-refractivity contribution in [2.45, 2.75) is 38.4 Å². The third-order valence-corrected chi connectivity index (χ3v) is 6.04. The second-order valence-corrected chi connectivity index (χ2v) is 8.33. The number of benzene rings is 2. The molecule has 0 spiro atoms. The highest BCUT2D eigenvalue weighted by molar-refractivity contribution is 5.81. The van der Waals surface area contributed by atoms with Crippen LogP contribution >= 0.6 is 0 Å². The van der Waals surface area contributed by atoms with Gasteiger partial charge in [-0.3, -0.25) is 4.79 Å². The van der Waals surface area contributed by atoms with E-state index in [-0.39, 0.29) is 11.8 Å². The minimum Gasteiger partial charge on any atom is -0.343 e. The van der Waals surface area contributed by atoms with E-state index in [1.54, 1.807) is 6.33 Å².